The fourth-order valence-corrected chi connectivity index (χ4v) is 1.92. The maximum atomic E-state index is 11.2. The maximum Gasteiger partial charge on any atom is 0.127 e. The SMILES string of the molecule is CCC(C=O)(CC)CN(C)c1ccccc1. The summed E-state index contributed by atoms with van der Waals surface area (Å²) in [5, 5.41) is 0. The summed E-state index contributed by atoms with van der Waals surface area (Å²) in [5.41, 5.74) is 0.959. The Hall–Kier alpha value is -1.31. The number of nitrogens with zero attached hydrogens (tertiary/aromatic N) is 1. The maximum absolute atomic E-state index is 11.2. The molecule has 0 saturated heterocycles. The molecule has 1 aromatic carbocycles. The first kappa shape index (κ1) is 12.8. The van der Waals surface area contributed by atoms with E-state index in [0.29, 0.717) is 0 Å². The van der Waals surface area contributed by atoms with Gasteiger partial charge in [0.15, 0.2) is 0 Å². The van der Waals surface area contributed by atoms with Crippen LogP contribution in [-0.2, 0) is 4.79 Å². The first-order chi connectivity index (χ1) is 7.67. The molecule has 0 aliphatic carbocycles. The number of anilines is 1. The smallest absolute Gasteiger partial charge is 0.127 e. The third-order valence-electron chi connectivity index (χ3n) is 3.41. The van der Waals surface area contributed by atoms with Crippen LogP contribution in [0.15, 0.2) is 30.3 Å². The molecular weight excluding hydrogens is 198 g/mol. The minimum atomic E-state index is -0.204. The summed E-state index contributed by atoms with van der Waals surface area (Å²) in [6, 6.07) is 10.2. The zero-order valence-corrected chi connectivity index (χ0v) is 10.4. The highest BCUT2D eigenvalue weighted by atomic mass is 16.1. The van der Waals surface area contributed by atoms with E-state index in [1.165, 1.54) is 0 Å². The van der Waals surface area contributed by atoms with E-state index in [4.69, 9.17) is 0 Å². The first-order valence-corrected chi connectivity index (χ1v) is 5.90. The predicted molar refractivity (Wildman–Crippen MR) is 68.8 cm³/mol. The third-order valence-corrected chi connectivity index (χ3v) is 3.41. The van der Waals surface area contributed by atoms with Crippen molar-refractivity contribution in [1.29, 1.82) is 0 Å². The van der Waals surface area contributed by atoms with E-state index < -0.39 is 0 Å². The fourth-order valence-electron chi connectivity index (χ4n) is 1.92. The molecule has 0 N–H and O–H groups in total. The molecule has 0 aromatic heterocycles. The number of hydrogen-bond donors (Lipinski definition) is 0. The molecular formula is C14H21NO. The Morgan fingerprint density at radius 1 is 1.19 bits per heavy atom. The lowest BCUT2D eigenvalue weighted by Crippen LogP contribution is -2.36. The van der Waals surface area contributed by atoms with Crippen LogP contribution in [0.5, 0.6) is 0 Å². The van der Waals surface area contributed by atoms with Crippen molar-refractivity contribution in [3.63, 3.8) is 0 Å². The number of rotatable bonds is 6. The third kappa shape index (κ3) is 2.84. The number of aldehydes is 1. The van der Waals surface area contributed by atoms with Crippen LogP contribution < -0.4 is 4.90 Å². The van der Waals surface area contributed by atoms with Crippen molar-refractivity contribution in [2.45, 2.75) is 26.7 Å². The summed E-state index contributed by atoms with van der Waals surface area (Å²) < 4.78 is 0. The zero-order valence-electron chi connectivity index (χ0n) is 10.4. The monoisotopic (exact) mass is 219 g/mol. The molecule has 2 nitrogen and oxygen atoms in total. The minimum absolute atomic E-state index is 0.204. The van der Waals surface area contributed by atoms with E-state index in [1.807, 2.05) is 25.2 Å². The van der Waals surface area contributed by atoms with Gasteiger partial charge in [0.2, 0.25) is 0 Å². The fraction of sp³-hybridized carbons (Fsp3) is 0.500. The lowest BCUT2D eigenvalue weighted by atomic mass is 9.83. The molecule has 0 aliphatic heterocycles. The number of hydrogen-bond acceptors (Lipinski definition) is 2. The van der Waals surface area contributed by atoms with Gasteiger partial charge < -0.3 is 9.69 Å². The van der Waals surface area contributed by atoms with Gasteiger partial charge in [-0.3, -0.25) is 0 Å². The Balaban J connectivity index is 2.76. The number of para-hydroxylation sites is 1. The van der Waals surface area contributed by atoms with Crippen LogP contribution in [0.2, 0.25) is 0 Å². The standard InChI is InChI=1S/C14H21NO/c1-4-14(5-2,12-16)11-15(3)13-9-7-6-8-10-13/h6-10,12H,4-5,11H2,1-3H3. The van der Waals surface area contributed by atoms with Crippen molar-refractivity contribution in [1.82, 2.24) is 0 Å². The van der Waals surface area contributed by atoms with Gasteiger partial charge in [-0.1, -0.05) is 32.0 Å². The number of carbonyl (C=O) groups is 1. The van der Waals surface area contributed by atoms with E-state index >= 15 is 0 Å². The molecule has 0 saturated carbocycles. The van der Waals surface area contributed by atoms with Gasteiger partial charge in [-0.25, -0.2) is 0 Å². The van der Waals surface area contributed by atoms with Crippen LogP contribution in [0.4, 0.5) is 5.69 Å². The van der Waals surface area contributed by atoms with Gasteiger partial charge in [0.05, 0.1) is 0 Å². The molecule has 0 atom stereocenters. The summed E-state index contributed by atoms with van der Waals surface area (Å²) in [6.07, 6.45) is 2.90. The first-order valence-electron chi connectivity index (χ1n) is 5.90. The molecule has 88 valence electrons. The van der Waals surface area contributed by atoms with Gasteiger partial charge in [0, 0.05) is 24.7 Å². The van der Waals surface area contributed by atoms with Gasteiger partial charge in [0.25, 0.3) is 0 Å². The van der Waals surface area contributed by atoms with Gasteiger partial charge in [-0.05, 0) is 25.0 Å². The van der Waals surface area contributed by atoms with Crippen LogP contribution in [0, 0.1) is 5.41 Å². The second-order valence-electron chi connectivity index (χ2n) is 4.38. The van der Waals surface area contributed by atoms with Crippen LogP contribution in [-0.4, -0.2) is 19.9 Å². The lowest BCUT2D eigenvalue weighted by Gasteiger charge is -2.31. The molecule has 0 bridgehead atoms. The van der Waals surface area contributed by atoms with Gasteiger partial charge in [-0.15, -0.1) is 0 Å². The number of benzene rings is 1. The molecule has 0 unspecified atom stereocenters. The van der Waals surface area contributed by atoms with Gasteiger partial charge >= 0.3 is 0 Å². The summed E-state index contributed by atoms with van der Waals surface area (Å²) in [5.74, 6) is 0. The molecule has 16 heavy (non-hydrogen) atoms. The Morgan fingerprint density at radius 3 is 2.19 bits per heavy atom. The number of carbonyl (C=O) groups excluding carboxylic acids is 1. The van der Waals surface area contributed by atoms with Crippen molar-refractivity contribution in [2.75, 3.05) is 18.5 Å². The molecule has 0 amide bonds. The van der Waals surface area contributed by atoms with E-state index in [0.717, 1.165) is 31.4 Å². The quantitative estimate of drug-likeness (QED) is 0.685. The molecule has 0 spiro atoms. The molecule has 2 heteroatoms. The van der Waals surface area contributed by atoms with Crippen molar-refractivity contribution < 1.29 is 4.79 Å². The molecule has 0 heterocycles. The Morgan fingerprint density at radius 2 is 1.75 bits per heavy atom. The summed E-state index contributed by atoms with van der Waals surface area (Å²) in [6.45, 7) is 4.95. The van der Waals surface area contributed by atoms with Crippen molar-refractivity contribution in [3.05, 3.63) is 30.3 Å². The predicted octanol–water partition coefficient (Wildman–Crippen LogP) is 3.13. The zero-order chi connectivity index (χ0) is 12.0. The minimum Gasteiger partial charge on any atom is -0.374 e. The van der Waals surface area contributed by atoms with Crippen LogP contribution in [0.3, 0.4) is 0 Å². The van der Waals surface area contributed by atoms with Gasteiger partial charge in [-0.2, -0.15) is 0 Å². The highest BCUT2D eigenvalue weighted by Crippen LogP contribution is 2.26. The largest absolute Gasteiger partial charge is 0.374 e. The summed E-state index contributed by atoms with van der Waals surface area (Å²) in [7, 11) is 2.04. The average Bonchev–Trinajstić information content (AvgIpc) is 2.37. The normalized spacial score (nSPS) is 11.2. The Kier molecular flexibility index (Phi) is 4.53. The molecule has 0 radical (unpaired) electrons. The van der Waals surface area contributed by atoms with E-state index in [9.17, 15) is 4.79 Å². The topological polar surface area (TPSA) is 20.3 Å². The highest BCUT2D eigenvalue weighted by Gasteiger charge is 2.27. The van der Waals surface area contributed by atoms with Crippen molar-refractivity contribution >= 4 is 12.0 Å². The van der Waals surface area contributed by atoms with E-state index in [-0.39, 0.29) is 5.41 Å². The van der Waals surface area contributed by atoms with Crippen LogP contribution in [0.1, 0.15) is 26.7 Å². The second-order valence-corrected chi connectivity index (χ2v) is 4.38. The van der Waals surface area contributed by atoms with Crippen molar-refractivity contribution in [3.8, 4) is 0 Å². The molecule has 1 rings (SSSR count). The molecule has 0 fully saturated rings. The molecule has 0 aliphatic rings. The molecule has 1 aromatic rings. The Labute approximate surface area is 98.3 Å². The van der Waals surface area contributed by atoms with Gasteiger partial charge in [0.1, 0.15) is 6.29 Å². The summed E-state index contributed by atoms with van der Waals surface area (Å²) in [4.78, 5) is 13.4. The van der Waals surface area contributed by atoms with E-state index in [1.54, 1.807) is 0 Å². The van der Waals surface area contributed by atoms with Crippen molar-refractivity contribution in [2.24, 2.45) is 5.41 Å². The van der Waals surface area contributed by atoms with E-state index in [2.05, 4.69) is 30.9 Å². The summed E-state index contributed by atoms with van der Waals surface area (Å²) >= 11 is 0. The van der Waals surface area contributed by atoms with Crippen LogP contribution in [0.25, 0.3) is 0 Å². The second kappa shape index (κ2) is 5.69. The lowest BCUT2D eigenvalue weighted by molar-refractivity contribution is -0.116. The average molecular weight is 219 g/mol. The van der Waals surface area contributed by atoms with Crippen LogP contribution >= 0.6 is 0 Å². The Bertz CT molecular complexity index is 317. The highest BCUT2D eigenvalue weighted by molar-refractivity contribution is 5.61.